The van der Waals surface area contributed by atoms with Crippen LogP contribution in [0, 0.1) is 11.2 Å². The highest BCUT2D eigenvalue weighted by atomic mass is 32.2. The van der Waals surface area contributed by atoms with E-state index in [1.807, 2.05) is 4.90 Å². The summed E-state index contributed by atoms with van der Waals surface area (Å²) in [4.78, 5) is 78.1. The number of carbonyl (C=O) groups is 4. The summed E-state index contributed by atoms with van der Waals surface area (Å²) in [6.07, 6.45) is 9.89. The van der Waals surface area contributed by atoms with Crippen molar-refractivity contribution < 1.29 is 37.1 Å². The van der Waals surface area contributed by atoms with Crippen molar-refractivity contribution in [2.24, 2.45) is 5.41 Å². The number of imide groups is 2. The van der Waals surface area contributed by atoms with Crippen LogP contribution >= 0.6 is 0 Å². The van der Waals surface area contributed by atoms with Gasteiger partial charge in [-0.3, -0.25) is 38.8 Å². The average Bonchev–Trinajstić information content (AvgIpc) is 3.72. The van der Waals surface area contributed by atoms with Crippen molar-refractivity contribution >= 4 is 56.3 Å². The Morgan fingerprint density at radius 1 is 0.873 bits per heavy atom. The van der Waals surface area contributed by atoms with E-state index >= 15 is 4.39 Å². The summed E-state index contributed by atoms with van der Waals surface area (Å²) in [5.41, 5.74) is -0.365. The van der Waals surface area contributed by atoms with E-state index in [0.717, 1.165) is 56.2 Å². The van der Waals surface area contributed by atoms with Crippen molar-refractivity contribution in [2.45, 2.75) is 125 Å². The number of hydrogen-bond donors (Lipinski definition) is 3. The molecule has 2 aromatic heterocycles. The summed E-state index contributed by atoms with van der Waals surface area (Å²) in [6, 6.07) is 4.57. The van der Waals surface area contributed by atoms with Crippen LogP contribution in [0.3, 0.4) is 0 Å². The minimum atomic E-state index is -3.49. The average molecular weight is 888 g/mol. The molecule has 3 atom stereocenters. The van der Waals surface area contributed by atoms with Crippen LogP contribution in [0.1, 0.15) is 117 Å². The van der Waals surface area contributed by atoms with Gasteiger partial charge in [0.1, 0.15) is 17.5 Å². The molecule has 3 N–H and O–H groups in total. The number of rotatable bonds is 8. The highest BCUT2D eigenvalue weighted by Gasteiger charge is 2.50. The first-order chi connectivity index (χ1) is 30.1. The Balaban J connectivity index is 0.694. The minimum absolute atomic E-state index is 0.00645. The Morgan fingerprint density at radius 2 is 1.57 bits per heavy atom. The van der Waals surface area contributed by atoms with Crippen molar-refractivity contribution in [1.82, 2.24) is 34.0 Å². The minimum Gasteiger partial charge on any atom is -0.388 e. The molecular weight excluding hydrogens is 834 g/mol. The molecule has 2 saturated carbocycles. The van der Waals surface area contributed by atoms with E-state index < -0.39 is 56.4 Å². The van der Waals surface area contributed by atoms with Crippen molar-refractivity contribution in [3.63, 3.8) is 0 Å². The van der Waals surface area contributed by atoms with Gasteiger partial charge in [-0.25, -0.2) is 22.1 Å². The molecular formula is C44H54FN9O8S. The quantitative estimate of drug-likeness (QED) is 0.279. The van der Waals surface area contributed by atoms with Gasteiger partial charge in [-0.2, -0.15) is 4.98 Å². The number of piperidine rings is 4. The third-order valence-electron chi connectivity index (χ3n) is 15.4. The highest BCUT2D eigenvalue weighted by Crippen LogP contribution is 2.52. The van der Waals surface area contributed by atoms with Crippen LogP contribution in [0.4, 0.5) is 16.0 Å². The lowest BCUT2D eigenvalue weighted by atomic mass is 9.59. The van der Waals surface area contributed by atoms with E-state index in [2.05, 4.69) is 20.5 Å². The second kappa shape index (κ2) is 15.7. The molecule has 0 bridgehead atoms. The van der Waals surface area contributed by atoms with Gasteiger partial charge >= 0.3 is 0 Å². The standard InChI is InChI=1S/C44H54FN9O8S/c1-43(60)12-2-3-35(43)54-37(56)7-4-26-25-46-42(49-38(26)54)47-27-8-17-52(18-9-27)63(61,62)29-10-15-50(16-11-29)28-23-44(24-28)13-19-51(20-14-44)34-22-31-30(21-32(34)45)40(58)53(41(31)59)33-5-6-36(55)48-39(33)57/h4,7,21-22,25,27-29,33,35,60H,2-3,5-6,8-20,23-24H2,1H3,(H,46,47,49)(H,48,55,57)/t33?,35?,43-/m1/s1. The number of halogens is 1. The monoisotopic (exact) mass is 887 g/mol. The number of likely N-dealkylation sites (tertiary alicyclic amines) is 1. The summed E-state index contributed by atoms with van der Waals surface area (Å²) in [5.74, 6) is -2.78. The lowest BCUT2D eigenvalue weighted by Crippen LogP contribution is -2.57. The number of fused-ring (bicyclic) bond motifs is 2. The molecule has 1 aromatic carbocycles. The van der Waals surface area contributed by atoms with E-state index in [4.69, 9.17) is 4.98 Å². The van der Waals surface area contributed by atoms with Crippen LogP contribution < -0.4 is 21.1 Å². The Hall–Kier alpha value is -4.85. The number of carbonyl (C=O) groups excluding carboxylic acids is 4. The first-order valence-electron chi connectivity index (χ1n) is 22.5. The third-order valence-corrected chi connectivity index (χ3v) is 17.8. The molecule has 3 aromatic rings. The Bertz CT molecular complexity index is 2550. The van der Waals surface area contributed by atoms with Crippen LogP contribution in [0.15, 0.2) is 35.3 Å². The number of pyridine rings is 1. The number of amides is 4. The largest absolute Gasteiger partial charge is 0.388 e. The van der Waals surface area contributed by atoms with Crippen LogP contribution in [0.25, 0.3) is 11.0 Å². The predicted molar refractivity (Wildman–Crippen MR) is 229 cm³/mol. The van der Waals surface area contributed by atoms with E-state index in [0.29, 0.717) is 87.7 Å². The fourth-order valence-electron chi connectivity index (χ4n) is 11.7. The van der Waals surface area contributed by atoms with E-state index in [9.17, 15) is 37.5 Å². The maximum atomic E-state index is 15.6. The van der Waals surface area contributed by atoms with Crippen molar-refractivity contribution in [3.8, 4) is 0 Å². The van der Waals surface area contributed by atoms with Crippen molar-refractivity contribution in [3.05, 3.63) is 57.8 Å². The molecule has 5 aliphatic heterocycles. The van der Waals surface area contributed by atoms with Gasteiger partial charge in [0.2, 0.25) is 27.8 Å². The highest BCUT2D eigenvalue weighted by molar-refractivity contribution is 7.89. The number of nitrogens with one attached hydrogen (secondary N) is 2. The van der Waals surface area contributed by atoms with Gasteiger partial charge in [0.05, 0.1) is 33.7 Å². The second-order valence-corrected chi connectivity index (χ2v) is 21.4. The number of aromatic nitrogens is 3. The molecule has 4 saturated heterocycles. The summed E-state index contributed by atoms with van der Waals surface area (Å²) >= 11 is 0. The van der Waals surface area contributed by atoms with E-state index in [1.165, 1.54) is 12.1 Å². The fraction of sp³-hybridized carbons (Fsp3) is 0.614. The summed E-state index contributed by atoms with van der Waals surface area (Å²) in [5, 5.41) is 16.9. The molecule has 0 radical (unpaired) electrons. The van der Waals surface area contributed by atoms with Gasteiger partial charge in [0.25, 0.3) is 17.4 Å². The molecule has 7 aliphatic rings. The molecule has 17 nitrogen and oxygen atoms in total. The molecule has 10 rings (SSSR count). The van der Waals surface area contributed by atoms with Crippen LogP contribution in [-0.2, 0) is 19.6 Å². The van der Waals surface area contributed by atoms with E-state index in [1.54, 1.807) is 28.1 Å². The van der Waals surface area contributed by atoms with E-state index in [-0.39, 0.29) is 52.7 Å². The molecule has 7 heterocycles. The molecule has 19 heteroatoms. The molecule has 2 unspecified atom stereocenters. The smallest absolute Gasteiger partial charge is 0.262 e. The fourth-order valence-corrected chi connectivity index (χ4v) is 13.6. The van der Waals surface area contributed by atoms with Gasteiger partial charge in [-0.05, 0) is 121 Å². The number of nitrogens with zero attached hydrogens (tertiary/aromatic N) is 7. The van der Waals surface area contributed by atoms with Crippen LogP contribution in [0.5, 0.6) is 0 Å². The van der Waals surface area contributed by atoms with Crippen LogP contribution in [-0.4, -0.2) is 134 Å². The predicted octanol–water partition coefficient (Wildman–Crippen LogP) is 2.93. The number of hydrogen-bond acceptors (Lipinski definition) is 13. The first-order valence-corrected chi connectivity index (χ1v) is 24.0. The zero-order valence-electron chi connectivity index (χ0n) is 35.4. The number of aliphatic hydroxyl groups is 1. The molecule has 6 fully saturated rings. The molecule has 63 heavy (non-hydrogen) atoms. The van der Waals surface area contributed by atoms with Gasteiger partial charge in [0.15, 0.2) is 0 Å². The zero-order chi connectivity index (χ0) is 44.0. The van der Waals surface area contributed by atoms with Crippen molar-refractivity contribution in [1.29, 1.82) is 0 Å². The van der Waals surface area contributed by atoms with Gasteiger partial charge in [-0.15, -0.1) is 0 Å². The zero-order valence-corrected chi connectivity index (χ0v) is 36.2. The number of benzene rings is 1. The maximum absolute atomic E-state index is 15.6. The normalized spacial score (nSPS) is 27.9. The Kier molecular flexibility index (Phi) is 10.5. The summed E-state index contributed by atoms with van der Waals surface area (Å²) in [7, 11) is -3.49. The first kappa shape index (κ1) is 42.1. The molecule has 2 aliphatic carbocycles. The SMILES string of the molecule is C[C@@]1(O)CCCC1n1c(=O)ccc2cnc(NC3CCN(S(=O)(=O)C4CCN(C5CC6(CCN(c7cc8c(cc7F)C(=O)N(C7CCC(=O)NC7=O)C8=O)CC6)C5)CC4)CC3)nc21. The van der Waals surface area contributed by atoms with Gasteiger partial charge in [0, 0.05) is 62.3 Å². The van der Waals surface area contributed by atoms with Gasteiger partial charge in [-0.1, -0.05) is 0 Å². The molecule has 336 valence electrons. The Labute approximate surface area is 364 Å². The summed E-state index contributed by atoms with van der Waals surface area (Å²) < 4.78 is 46.6. The maximum Gasteiger partial charge on any atom is 0.262 e. The van der Waals surface area contributed by atoms with Crippen LogP contribution in [0.2, 0.25) is 0 Å². The Morgan fingerprint density at radius 3 is 2.24 bits per heavy atom. The second-order valence-electron chi connectivity index (χ2n) is 19.2. The number of anilines is 2. The lowest BCUT2D eigenvalue weighted by molar-refractivity contribution is -0.136. The topological polar surface area (TPSA) is 207 Å². The lowest BCUT2D eigenvalue weighted by Gasteiger charge is -2.56. The third kappa shape index (κ3) is 7.41. The van der Waals surface area contributed by atoms with Gasteiger partial charge < -0.3 is 20.2 Å². The summed E-state index contributed by atoms with van der Waals surface area (Å²) in [6.45, 7) is 5.19. The number of sulfonamides is 1. The van der Waals surface area contributed by atoms with Crippen molar-refractivity contribution in [2.75, 3.05) is 49.5 Å². The molecule has 4 amide bonds. The molecule has 1 spiro atoms.